The van der Waals surface area contributed by atoms with Gasteiger partial charge in [0, 0.05) is 6.61 Å². The standard InChI is InChI=1S/C13H28N2O/c1-3-15(4-2)8-6-12-9-13(11-16)5-7-14-10-12/h12-14,16H,3-11H2,1-2H3. The summed E-state index contributed by atoms with van der Waals surface area (Å²) in [5, 5.41) is 12.8. The summed E-state index contributed by atoms with van der Waals surface area (Å²) in [5.74, 6) is 1.27. The molecular formula is C13H28N2O. The first-order chi connectivity index (χ1) is 7.80. The Bertz CT molecular complexity index is 171. The molecule has 1 aliphatic rings. The first-order valence-corrected chi connectivity index (χ1v) is 6.84. The van der Waals surface area contributed by atoms with Crippen molar-refractivity contribution in [3.8, 4) is 0 Å². The van der Waals surface area contributed by atoms with Crippen LogP contribution in [0.15, 0.2) is 0 Å². The Hall–Kier alpha value is -0.120. The average molecular weight is 228 g/mol. The van der Waals surface area contributed by atoms with Gasteiger partial charge in [-0.2, -0.15) is 0 Å². The first-order valence-electron chi connectivity index (χ1n) is 6.84. The van der Waals surface area contributed by atoms with Gasteiger partial charge in [0.05, 0.1) is 0 Å². The molecule has 1 heterocycles. The van der Waals surface area contributed by atoms with Crippen molar-refractivity contribution >= 4 is 0 Å². The van der Waals surface area contributed by atoms with E-state index in [4.69, 9.17) is 0 Å². The molecule has 1 rings (SSSR count). The summed E-state index contributed by atoms with van der Waals surface area (Å²) < 4.78 is 0. The molecule has 16 heavy (non-hydrogen) atoms. The van der Waals surface area contributed by atoms with Crippen molar-refractivity contribution in [2.45, 2.75) is 33.1 Å². The van der Waals surface area contributed by atoms with Gasteiger partial charge in [0.15, 0.2) is 0 Å². The van der Waals surface area contributed by atoms with E-state index in [2.05, 4.69) is 24.1 Å². The molecule has 0 aromatic rings. The Kier molecular flexibility index (Phi) is 7.01. The minimum absolute atomic E-state index is 0.365. The highest BCUT2D eigenvalue weighted by molar-refractivity contribution is 4.74. The third kappa shape index (κ3) is 4.81. The molecule has 1 fully saturated rings. The average Bonchev–Trinajstić information content (AvgIpc) is 2.55. The lowest BCUT2D eigenvalue weighted by Crippen LogP contribution is -2.28. The zero-order valence-electron chi connectivity index (χ0n) is 10.9. The predicted molar refractivity (Wildman–Crippen MR) is 68.6 cm³/mol. The Morgan fingerprint density at radius 1 is 1.25 bits per heavy atom. The SMILES string of the molecule is CCN(CC)CCC1CNCCC(CO)C1. The molecule has 0 aromatic carbocycles. The summed E-state index contributed by atoms with van der Waals surface area (Å²) in [6.45, 7) is 10.5. The van der Waals surface area contributed by atoms with Gasteiger partial charge < -0.3 is 15.3 Å². The van der Waals surface area contributed by atoms with E-state index in [0.29, 0.717) is 12.5 Å². The van der Waals surface area contributed by atoms with Crippen LogP contribution in [0.2, 0.25) is 0 Å². The second-order valence-corrected chi connectivity index (χ2v) is 4.96. The number of nitrogens with zero attached hydrogens (tertiary/aromatic N) is 1. The van der Waals surface area contributed by atoms with Gasteiger partial charge in [-0.3, -0.25) is 0 Å². The van der Waals surface area contributed by atoms with Gasteiger partial charge >= 0.3 is 0 Å². The monoisotopic (exact) mass is 228 g/mol. The molecule has 1 aliphatic heterocycles. The Morgan fingerprint density at radius 2 is 2.00 bits per heavy atom. The summed E-state index contributed by atoms with van der Waals surface area (Å²) in [5.41, 5.74) is 0. The van der Waals surface area contributed by atoms with Crippen LogP contribution >= 0.6 is 0 Å². The first kappa shape index (κ1) is 13.9. The van der Waals surface area contributed by atoms with Crippen LogP contribution in [0.4, 0.5) is 0 Å². The highest BCUT2D eigenvalue weighted by Gasteiger charge is 2.19. The van der Waals surface area contributed by atoms with Crippen molar-refractivity contribution in [1.29, 1.82) is 0 Å². The molecule has 2 atom stereocenters. The van der Waals surface area contributed by atoms with Gasteiger partial charge in [-0.05, 0) is 63.8 Å². The molecule has 0 radical (unpaired) electrons. The second-order valence-electron chi connectivity index (χ2n) is 4.96. The zero-order valence-corrected chi connectivity index (χ0v) is 10.9. The largest absolute Gasteiger partial charge is 0.396 e. The van der Waals surface area contributed by atoms with E-state index in [-0.39, 0.29) is 0 Å². The third-order valence-corrected chi connectivity index (χ3v) is 3.84. The molecule has 1 saturated heterocycles. The zero-order chi connectivity index (χ0) is 11.8. The van der Waals surface area contributed by atoms with E-state index < -0.39 is 0 Å². The molecule has 2 N–H and O–H groups in total. The minimum atomic E-state index is 0.365. The second kappa shape index (κ2) is 8.04. The van der Waals surface area contributed by atoms with Gasteiger partial charge in [0.1, 0.15) is 0 Å². The predicted octanol–water partition coefficient (Wildman–Crippen LogP) is 1.33. The van der Waals surface area contributed by atoms with Crippen molar-refractivity contribution < 1.29 is 5.11 Å². The topological polar surface area (TPSA) is 35.5 Å². The van der Waals surface area contributed by atoms with E-state index >= 15 is 0 Å². The van der Waals surface area contributed by atoms with Crippen LogP contribution in [0.25, 0.3) is 0 Å². The summed E-state index contributed by atoms with van der Waals surface area (Å²) in [6.07, 6.45) is 3.61. The summed E-state index contributed by atoms with van der Waals surface area (Å²) in [7, 11) is 0. The van der Waals surface area contributed by atoms with Crippen LogP contribution < -0.4 is 5.32 Å². The fraction of sp³-hybridized carbons (Fsp3) is 1.00. The van der Waals surface area contributed by atoms with Gasteiger partial charge in [-0.25, -0.2) is 0 Å². The Morgan fingerprint density at radius 3 is 2.62 bits per heavy atom. The van der Waals surface area contributed by atoms with Crippen molar-refractivity contribution in [2.75, 3.05) is 39.3 Å². The molecule has 0 saturated carbocycles. The van der Waals surface area contributed by atoms with Crippen LogP contribution in [0.3, 0.4) is 0 Å². The van der Waals surface area contributed by atoms with Crippen LogP contribution in [0, 0.1) is 11.8 Å². The van der Waals surface area contributed by atoms with E-state index in [0.717, 1.165) is 38.5 Å². The van der Waals surface area contributed by atoms with Gasteiger partial charge in [-0.1, -0.05) is 13.8 Å². The maximum Gasteiger partial charge on any atom is 0.0459 e. The van der Waals surface area contributed by atoms with E-state index in [1.165, 1.54) is 19.4 Å². The van der Waals surface area contributed by atoms with Crippen LogP contribution in [-0.4, -0.2) is 49.3 Å². The van der Waals surface area contributed by atoms with Gasteiger partial charge in [0.25, 0.3) is 0 Å². The Balaban J connectivity index is 2.28. The molecular weight excluding hydrogens is 200 g/mol. The van der Waals surface area contributed by atoms with Crippen molar-refractivity contribution in [2.24, 2.45) is 11.8 Å². The highest BCUT2D eigenvalue weighted by atomic mass is 16.3. The highest BCUT2D eigenvalue weighted by Crippen LogP contribution is 2.20. The lowest BCUT2D eigenvalue weighted by atomic mass is 9.92. The van der Waals surface area contributed by atoms with E-state index in [1.54, 1.807) is 0 Å². The third-order valence-electron chi connectivity index (χ3n) is 3.84. The van der Waals surface area contributed by atoms with Crippen molar-refractivity contribution in [3.63, 3.8) is 0 Å². The summed E-state index contributed by atoms with van der Waals surface area (Å²) >= 11 is 0. The van der Waals surface area contributed by atoms with Gasteiger partial charge in [-0.15, -0.1) is 0 Å². The molecule has 3 nitrogen and oxygen atoms in total. The fourth-order valence-electron chi connectivity index (χ4n) is 2.58. The quantitative estimate of drug-likeness (QED) is 0.720. The number of aliphatic hydroxyl groups is 1. The molecule has 0 spiro atoms. The number of hydrogen-bond acceptors (Lipinski definition) is 3. The van der Waals surface area contributed by atoms with Crippen LogP contribution in [0.1, 0.15) is 33.1 Å². The molecule has 0 amide bonds. The molecule has 2 unspecified atom stereocenters. The molecule has 0 aliphatic carbocycles. The molecule has 3 heteroatoms. The fourth-order valence-corrected chi connectivity index (χ4v) is 2.58. The van der Waals surface area contributed by atoms with E-state index in [1.807, 2.05) is 0 Å². The smallest absolute Gasteiger partial charge is 0.0459 e. The van der Waals surface area contributed by atoms with E-state index in [9.17, 15) is 5.11 Å². The van der Waals surface area contributed by atoms with Crippen LogP contribution in [0.5, 0.6) is 0 Å². The molecule has 0 aromatic heterocycles. The summed E-state index contributed by atoms with van der Waals surface area (Å²) in [6, 6.07) is 0. The minimum Gasteiger partial charge on any atom is -0.396 e. The maximum absolute atomic E-state index is 9.27. The molecule has 96 valence electrons. The number of nitrogens with one attached hydrogen (secondary N) is 1. The lowest BCUT2D eigenvalue weighted by molar-refractivity contribution is 0.194. The normalized spacial score (nSPS) is 27.0. The Labute approximate surface area is 100 Å². The van der Waals surface area contributed by atoms with Gasteiger partial charge in [0.2, 0.25) is 0 Å². The molecule has 0 bridgehead atoms. The van der Waals surface area contributed by atoms with Crippen molar-refractivity contribution in [1.82, 2.24) is 10.2 Å². The van der Waals surface area contributed by atoms with Crippen molar-refractivity contribution in [3.05, 3.63) is 0 Å². The van der Waals surface area contributed by atoms with Crippen LogP contribution in [-0.2, 0) is 0 Å². The number of aliphatic hydroxyl groups excluding tert-OH is 1. The number of hydrogen-bond donors (Lipinski definition) is 2. The number of rotatable bonds is 6. The maximum atomic E-state index is 9.27. The summed E-state index contributed by atoms with van der Waals surface area (Å²) in [4.78, 5) is 2.48. The lowest BCUT2D eigenvalue weighted by Gasteiger charge is -2.23.